The van der Waals surface area contributed by atoms with Gasteiger partial charge in [0.1, 0.15) is 5.82 Å². The van der Waals surface area contributed by atoms with Crippen LogP contribution in [0.4, 0.5) is 5.69 Å². The molecule has 0 atom stereocenters. The van der Waals surface area contributed by atoms with Gasteiger partial charge in [0.25, 0.3) is 0 Å². The van der Waals surface area contributed by atoms with E-state index in [1.165, 1.54) is 0 Å². The molecule has 8 heteroatoms. The monoisotopic (exact) mass is 349 g/mol. The van der Waals surface area contributed by atoms with Crippen molar-refractivity contribution >= 4 is 15.5 Å². The van der Waals surface area contributed by atoms with Gasteiger partial charge < -0.3 is 4.90 Å². The third-order valence-electron chi connectivity index (χ3n) is 4.32. The number of rotatable bonds is 5. The Hall–Kier alpha value is -1.93. The predicted molar refractivity (Wildman–Crippen MR) is 92.8 cm³/mol. The summed E-state index contributed by atoms with van der Waals surface area (Å²) in [5.41, 5.74) is 1.07. The van der Waals surface area contributed by atoms with Crippen LogP contribution in [0.15, 0.2) is 29.2 Å². The Morgan fingerprint density at radius 2 is 1.79 bits per heavy atom. The highest BCUT2D eigenvalue weighted by atomic mass is 32.2. The number of aromatic nitrogens is 3. The fraction of sp³-hybridized carbons (Fsp3) is 0.500. The zero-order valence-electron chi connectivity index (χ0n) is 14.1. The zero-order chi connectivity index (χ0) is 17.2. The van der Waals surface area contributed by atoms with Crippen LogP contribution in [-0.2, 0) is 16.4 Å². The van der Waals surface area contributed by atoms with Crippen molar-refractivity contribution in [3.63, 3.8) is 0 Å². The summed E-state index contributed by atoms with van der Waals surface area (Å²) in [5, 5.41) is 7.05. The van der Waals surface area contributed by atoms with Crippen molar-refractivity contribution in [3.8, 4) is 0 Å². The average molecular weight is 349 g/mol. The van der Waals surface area contributed by atoms with E-state index in [0.717, 1.165) is 50.1 Å². The molecule has 3 rings (SSSR count). The number of hydrogen-bond acceptors (Lipinski definition) is 6. The van der Waals surface area contributed by atoms with E-state index in [-0.39, 0.29) is 5.75 Å². The van der Waals surface area contributed by atoms with E-state index in [9.17, 15) is 8.42 Å². The summed E-state index contributed by atoms with van der Waals surface area (Å²) < 4.78 is 23.7. The van der Waals surface area contributed by atoms with Crippen molar-refractivity contribution < 1.29 is 8.42 Å². The standard InChI is InChI=1S/C16H23N5O2S/c1-3-24(22,23)15-6-4-14(5-7-15)21-10-8-20(9-11-21)12-16-17-13(2)18-19-16/h4-7H,3,8-12H2,1-2H3,(H,17,18,19). The van der Waals surface area contributed by atoms with E-state index in [1.54, 1.807) is 19.1 Å². The molecule has 0 spiro atoms. The van der Waals surface area contributed by atoms with Crippen LogP contribution in [0.25, 0.3) is 0 Å². The second-order valence-corrected chi connectivity index (χ2v) is 8.28. The van der Waals surface area contributed by atoms with Crippen LogP contribution in [0.2, 0.25) is 0 Å². The molecule has 1 aromatic heterocycles. The second kappa shape index (κ2) is 6.90. The van der Waals surface area contributed by atoms with Crippen LogP contribution in [0.5, 0.6) is 0 Å². The first-order valence-corrected chi connectivity index (χ1v) is 9.81. The lowest BCUT2D eigenvalue weighted by Crippen LogP contribution is -2.46. The Bertz CT molecular complexity index is 777. The zero-order valence-corrected chi connectivity index (χ0v) is 14.9. The molecule has 0 amide bonds. The maximum absolute atomic E-state index is 11.9. The summed E-state index contributed by atoms with van der Waals surface area (Å²) >= 11 is 0. The van der Waals surface area contributed by atoms with Gasteiger partial charge in [-0.25, -0.2) is 13.4 Å². The summed E-state index contributed by atoms with van der Waals surface area (Å²) in [4.78, 5) is 9.35. The van der Waals surface area contributed by atoms with Gasteiger partial charge in [0.05, 0.1) is 17.2 Å². The van der Waals surface area contributed by atoms with Crippen molar-refractivity contribution in [1.29, 1.82) is 0 Å². The fourth-order valence-corrected chi connectivity index (χ4v) is 3.74. The summed E-state index contributed by atoms with van der Waals surface area (Å²) in [6, 6.07) is 7.21. The number of sulfone groups is 1. The van der Waals surface area contributed by atoms with Crippen LogP contribution in [0.1, 0.15) is 18.6 Å². The van der Waals surface area contributed by atoms with Crippen molar-refractivity contribution in [3.05, 3.63) is 35.9 Å². The number of hydrogen-bond donors (Lipinski definition) is 1. The third kappa shape index (κ3) is 3.76. The summed E-state index contributed by atoms with van der Waals surface area (Å²) in [6.45, 7) is 8.00. The topological polar surface area (TPSA) is 82.2 Å². The molecule has 24 heavy (non-hydrogen) atoms. The van der Waals surface area contributed by atoms with Gasteiger partial charge in [0.15, 0.2) is 15.7 Å². The first kappa shape index (κ1) is 16.9. The maximum atomic E-state index is 11.9. The lowest BCUT2D eigenvalue weighted by Gasteiger charge is -2.35. The minimum absolute atomic E-state index is 0.131. The van der Waals surface area contributed by atoms with Crippen LogP contribution in [-0.4, -0.2) is 60.4 Å². The third-order valence-corrected chi connectivity index (χ3v) is 6.07. The van der Waals surface area contributed by atoms with Crippen LogP contribution < -0.4 is 4.90 Å². The van der Waals surface area contributed by atoms with E-state index in [1.807, 2.05) is 19.1 Å². The number of aromatic amines is 1. The highest BCUT2D eigenvalue weighted by molar-refractivity contribution is 7.91. The van der Waals surface area contributed by atoms with Crippen molar-refractivity contribution in [2.45, 2.75) is 25.3 Å². The van der Waals surface area contributed by atoms with E-state index >= 15 is 0 Å². The molecule has 1 fully saturated rings. The van der Waals surface area contributed by atoms with Crippen LogP contribution >= 0.6 is 0 Å². The first-order chi connectivity index (χ1) is 11.5. The number of anilines is 1. The van der Waals surface area contributed by atoms with E-state index < -0.39 is 9.84 Å². The number of nitrogens with zero attached hydrogens (tertiary/aromatic N) is 4. The van der Waals surface area contributed by atoms with Crippen molar-refractivity contribution in [2.24, 2.45) is 0 Å². The Kier molecular flexibility index (Phi) is 4.86. The molecule has 2 heterocycles. The summed E-state index contributed by atoms with van der Waals surface area (Å²) in [5.74, 6) is 1.80. The number of H-pyrrole nitrogens is 1. The molecule has 7 nitrogen and oxygen atoms in total. The number of aryl methyl sites for hydroxylation is 1. The lowest BCUT2D eigenvalue weighted by atomic mass is 10.2. The molecule has 0 bridgehead atoms. The highest BCUT2D eigenvalue weighted by Crippen LogP contribution is 2.20. The molecule has 1 saturated heterocycles. The fourth-order valence-electron chi connectivity index (χ4n) is 2.85. The quantitative estimate of drug-likeness (QED) is 0.874. The molecule has 0 aliphatic carbocycles. The molecule has 1 N–H and O–H groups in total. The van der Waals surface area contributed by atoms with E-state index in [2.05, 4.69) is 25.0 Å². The molecule has 0 unspecified atom stereocenters. The van der Waals surface area contributed by atoms with Crippen molar-refractivity contribution in [2.75, 3.05) is 36.8 Å². The Morgan fingerprint density at radius 1 is 1.12 bits per heavy atom. The van der Waals surface area contributed by atoms with E-state index in [4.69, 9.17) is 0 Å². The molecule has 0 saturated carbocycles. The normalized spacial score (nSPS) is 16.5. The van der Waals surface area contributed by atoms with Gasteiger partial charge in [-0.2, -0.15) is 5.10 Å². The minimum Gasteiger partial charge on any atom is -0.369 e. The Balaban J connectivity index is 1.58. The number of benzene rings is 1. The Morgan fingerprint density at radius 3 is 2.33 bits per heavy atom. The molecular formula is C16H23N5O2S. The van der Waals surface area contributed by atoms with Gasteiger partial charge >= 0.3 is 0 Å². The molecular weight excluding hydrogens is 326 g/mol. The summed E-state index contributed by atoms with van der Waals surface area (Å²) in [7, 11) is -3.13. The largest absolute Gasteiger partial charge is 0.369 e. The van der Waals surface area contributed by atoms with Gasteiger partial charge in [0, 0.05) is 31.9 Å². The molecule has 130 valence electrons. The highest BCUT2D eigenvalue weighted by Gasteiger charge is 2.19. The number of nitrogens with one attached hydrogen (secondary N) is 1. The van der Waals surface area contributed by atoms with Crippen molar-refractivity contribution in [1.82, 2.24) is 20.1 Å². The smallest absolute Gasteiger partial charge is 0.178 e. The molecule has 1 aromatic carbocycles. The lowest BCUT2D eigenvalue weighted by molar-refractivity contribution is 0.244. The van der Waals surface area contributed by atoms with E-state index in [0.29, 0.717) is 4.90 Å². The van der Waals surface area contributed by atoms with Gasteiger partial charge in [0.2, 0.25) is 0 Å². The van der Waals surface area contributed by atoms with Gasteiger partial charge in [-0.05, 0) is 31.2 Å². The summed E-state index contributed by atoms with van der Waals surface area (Å²) in [6.07, 6.45) is 0. The molecule has 1 aliphatic heterocycles. The number of piperazine rings is 1. The maximum Gasteiger partial charge on any atom is 0.178 e. The molecule has 2 aromatic rings. The predicted octanol–water partition coefficient (Wildman–Crippen LogP) is 1.23. The molecule has 1 aliphatic rings. The average Bonchev–Trinajstić information content (AvgIpc) is 3.00. The van der Waals surface area contributed by atoms with Gasteiger partial charge in [-0.15, -0.1) is 0 Å². The van der Waals surface area contributed by atoms with Crippen LogP contribution in [0.3, 0.4) is 0 Å². The second-order valence-electron chi connectivity index (χ2n) is 6.00. The SMILES string of the molecule is CCS(=O)(=O)c1ccc(N2CCN(Cc3n[nH]c(C)n3)CC2)cc1. The molecule has 0 radical (unpaired) electrons. The first-order valence-electron chi connectivity index (χ1n) is 8.16. The Labute approximate surface area is 142 Å². The minimum atomic E-state index is -3.13. The van der Waals surface area contributed by atoms with Gasteiger partial charge in [-0.1, -0.05) is 6.92 Å². The van der Waals surface area contributed by atoms with Gasteiger partial charge in [-0.3, -0.25) is 10.00 Å². The van der Waals surface area contributed by atoms with Crippen LogP contribution in [0, 0.1) is 6.92 Å².